The Morgan fingerprint density at radius 1 is 1.57 bits per heavy atom. The van der Waals surface area contributed by atoms with E-state index in [-0.39, 0.29) is 0 Å². The molecule has 1 fully saturated rings. The molecular weight excluding hydrogens is 194 g/mol. The van der Waals surface area contributed by atoms with Crippen molar-refractivity contribution in [1.29, 1.82) is 0 Å². The number of thiophene rings is 1. The summed E-state index contributed by atoms with van der Waals surface area (Å²) in [5.74, 6) is 0. The molecule has 78 valence electrons. The van der Waals surface area contributed by atoms with E-state index in [4.69, 9.17) is 4.74 Å². The molecule has 1 aliphatic rings. The number of rotatable bonds is 4. The number of ether oxygens (including phenoxy) is 1. The van der Waals surface area contributed by atoms with Crippen LogP contribution in [-0.4, -0.2) is 19.3 Å². The van der Waals surface area contributed by atoms with Gasteiger partial charge in [0.15, 0.2) is 0 Å². The zero-order valence-corrected chi connectivity index (χ0v) is 9.35. The second-order valence-corrected chi connectivity index (χ2v) is 4.80. The SMILES string of the molecule is COC1CCCC1NCc1cccs1. The van der Waals surface area contributed by atoms with Crippen molar-refractivity contribution >= 4 is 11.3 Å². The molecule has 2 nitrogen and oxygen atoms in total. The molecule has 14 heavy (non-hydrogen) atoms. The summed E-state index contributed by atoms with van der Waals surface area (Å²) in [6, 6.07) is 4.83. The average Bonchev–Trinajstić information content (AvgIpc) is 2.85. The summed E-state index contributed by atoms with van der Waals surface area (Å²) in [7, 11) is 1.82. The summed E-state index contributed by atoms with van der Waals surface area (Å²) < 4.78 is 5.43. The Morgan fingerprint density at radius 2 is 2.50 bits per heavy atom. The molecule has 0 aromatic carbocycles. The highest BCUT2D eigenvalue weighted by Gasteiger charge is 2.26. The fraction of sp³-hybridized carbons (Fsp3) is 0.636. The van der Waals surface area contributed by atoms with Crippen molar-refractivity contribution in [3.8, 4) is 0 Å². The summed E-state index contributed by atoms with van der Waals surface area (Å²) in [6.07, 6.45) is 4.18. The molecule has 0 saturated heterocycles. The zero-order valence-electron chi connectivity index (χ0n) is 8.53. The van der Waals surface area contributed by atoms with Gasteiger partial charge in [-0.2, -0.15) is 0 Å². The molecule has 0 spiro atoms. The Labute approximate surface area is 89.3 Å². The number of hydrogen-bond donors (Lipinski definition) is 1. The van der Waals surface area contributed by atoms with Crippen LogP contribution in [0.25, 0.3) is 0 Å². The topological polar surface area (TPSA) is 21.3 Å². The maximum atomic E-state index is 5.43. The van der Waals surface area contributed by atoms with Crippen molar-refractivity contribution < 1.29 is 4.74 Å². The van der Waals surface area contributed by atoms with E-state index in [1.807, 2.05) is 18.4 Å². The van der Waals surface area contributed by atoms with Gasteiger partial charge in [0, 0.05) is 24.6 Å². The van der Waals surface area contributed by atoms with Crippen molar-refractivity contribution in [2.75, 3.05) is 7.11 Å². The van der Waals surface area contributed by atoms with Crippen molar-refractivity contribution in [1.82, 2.24) is 5.32 Å². The Morgan fingerprint density at radius 3 is 3.21 bits per heavy atom. The number of hydrogen-bond acceptors (Lipinski definition) is 3. The highest BCUT2D eigenvalue weighted by Crippen LogP contribution is 2.22. The second-order valence-electron chi connectivity index (χ2n) is 3.77. The molecule has 1 N–H and O–H groups in total. The van der Waals surface area contributed by atoms with Gasteiger partial charge >= 0.3 is 0 Å². The molecule has 1 aromatic rings. The quantitative estimate of drug-likeness (QED) is 0.825. The Kier molecular flexibility index (Phi) is 3.56. The van der Waals surface area contributed by atoms with Gasteiger partial charge in [-0.05, 0) is 30.7 Å². The molecule has 0 aliphatic heterocycles. The van der Waals surface area contributed by atoms with Crippen LogP contribution in [0.2, 0.25) is 0 Å². The Balaban J connectivity index is 1.80. The van der Waals surface area contributed by atoms with E-state index in [2.05, 4.69) is 22.8 Å². The van der Waals surface area contributed by atoms with Crippen LogP contribution in [-0.2, 0) is 11.3 Å². The molecule has 2 unspecified atom stereocenters. The molecule has 1 aromatic heterocycles. The minimum Gasteiger partial charge on any atom is -0.380 e. The predicted molar refractivity (Wildman–Crippen MR) is 59.6 cm³/mol. The molecule has 2 atom stereocenters. The smallest absolute Gasteiger partial charge is 0.0724 e. The first-order valence-electron chi connectivity index (χ1n) is 5.18. The minimum atomic E-state index is 0.426. The maximum absolute atomic E-state index is 5.43. The van der Waals surface area contributed by atoms with Crippen LogP contribution in [0.4, 0.5) is 0 Å². The van der Waals surface area contributed by atoms with Gasteiger partial charge in [-0.25, -0.2) is 0 Å². The largest absolute Gasteiger partial charge is 0.380 e. The van der Waals surface area contributed by atoms with Crippen LogP contribution in [0.3, 0.4) is 0 Å². The standard InChI is InChI=1S/C11H17NOS/c1-13-11-6-2-5-10(11)12-8-9-4-3-7-14-9/h3-4,7,10-12H,2,5-6,8H2,1H3. The molecule has 0 radical (unpaired) electrons. The summed E-state index contributed by atoms with van der Waals surface area (Å²) in [6.45, 7) is 0.988. The summed E-state index contributed by atoms with van der Waals surface area (Å²) in [5, 5.41) is 5.69. The van der Waals surface area contributed by atoms with Gasteiger partial charge in [0.25, 0.3) is 0 Å². The second kappa shape index (κ2) is 4.91. The average molecular weight is 211 g/mol. The summed E-state index contributed by atoms with van der Waals surface area (Å²) in [5.41, 5.74) is 0. The van der Waals surface area contributed by atoms with Gasteiger partial charge in [0.1, 0.15) is 0 Å². The van der Waals surface area contributed by atoms with Gasteiger partial charge < -0.3 is 10.1 Å². The maximum Gasteiger partial charge on any atom is 0.0724 e. The first-order valence-corrected chi connectivity index (χ1v) is 6.06. The van der Waals surface area contributed by atoms with Gasteiger partial charge in [-0.1, -0.05) is 6.07 Å². The van der Waals surface area contributed by atoms with Crippen LogP contribution in [0.15, 0.2) is 17.5 Å². The molecular formula is C11H17NOS. The molecule has 0 amide bonds. The van der Waals surface area contributed by atoms with E-state index in [1.165, 1.54) is 24.1 Å². The first kappa shape index (κ1) is 10.1. The van der Waals surface area contributed by atoms with Gasteiger partial charge in [-0.3, -0.25) is 0 Å². The van der Waals surface area contributed by atoms with Crippen molar-refractivity contribution in [3.63, 3.8) is 0 Å². The van der Waals surface area contributed by atoms with Crippen LogP contribution in [0, 0.1) is 0 Å². The monoisotopic (exact) mass is 211 g/mol. The van der Waals surface area contributed by atoms with Gasteiger partial charge in [-0.15, -0.1) is 11.3 Å². The van der Waals surface area contributed by atoms with Crippen LogP contribution in [0.1, 0.15) is 24.1 Å². The lowest BCUT2D eigenvalue weighted by atomic mass is 10.2. The lowest BCUT2D eigenvalue weighted by molar-refractivity contribution is 0.0848. The van der Waals surface area contributed by atoms with Crippen molar-refractivity contribution in [3.05, 3.63) is 22.4 Å². The Bertz CT molecular complexity index is 260. The first-order chi connectivity index (χ1) is 6.90. The summed E-state index contributed by atoms with van der Waals surface area (Å²) >= 11 is 1.81. The van der Waals surface area contributed by atoms with Crippen LogP contribution >= 0.6 is 11.3 Å². The van der Waals surface area contributed by atoms with E-state index in [0.29, 0.717) is 12.1 Å². The van der Waals surface area contributed by atoms with Crippen LogP contribution < -0.4 is 5.32 Å². The lowest BCUT2D eigenvalue weighted by Gasteiger charge is -2.19. The fourth-order valence-electron chi connectivity index (χ4n) is 2.09. The third-order valence-corrected chi connectivity index (χ3v) is 3.75. The number of nitrogens with one attached hydrogen (secondary N) is 1. The van der Waals surface area contributed by atoms with Gasteiger partial charge in [0.05, 0.1) is 6.10 Å². The predicted octanol–water partition coefficient (Wildman–Crippen LogP) is 2.41. The van der Waals surface area contributed by atoms with Crippen molar-refractivity contribution in [2.45, 2.75) is 38.0 Å². The highest BCUT2D eigenvalue weighted by molar-refractivity contribution is 7.09. The van der Waals surface area contributed by atoms with E-state index in [9.17, 15) is 0 Å². The molecule has 2 rings (SSSR count). The molecule has 1 saturated carbocycles. The molecule has 3 heteroatoms. The lowest BCUT2D eigenvalue weighted by Crippen LogP contribution is -2.36. The van der Waals surface area contributed by atoms with Gasteiger partial charge in [0.2, 0.25) is 0 Å². The summed E-state index contributed by atoms with van der Waals surface area (Å²) in [4.78, 5) is 1.41. The fourth-order valence-corrected chi connectivity index (χ4v) is 2.74. The van der Waals surface area contributed by atoms with E-state index in [0.717, 1.165) is 6.54 Å². The highest BCUT2D eigenvalue weighted by atomic mass is 32.1. The van der Waals surface area contributed by atoms with Crippen LogP contribution in [0.5, 0.6) is 0 Å². The third kappa shape index (κ3) is 2.35. The number of methoxy groups -OCH3 is 1. The molecule has 0 bridgehead atoms. The third-order valence-electron chi connectivity index (χ3n) is 2.87. The minimum absolute atomic E-state index is 0.426. The molecule has 1 aliphatic carbocycles. The zero-order chi connectivity index (χ0) is 9.80. The normalized spacial score (nSPS) is 26.9. The van der Waals surface area contributed by atoms with E-state index < -0.39 is 0 Å². The van der Waals surface area contributed by atoms with E-state index >= 15 is 0 Å². The molecule has 1 heterocycles. The Hall–Kier alpha value is -0.380. The van der Waals surface area contributed by atoms with E-state index in [1.54, 1.807) is 0 Å². The van der Waals surface area contributed by atoms with Crippen molar-refractivity contribution in [2.24, 2.45) is 0 Å².